The van der Waals surface area contributed by atoms with Crippen LogP contribution in [0.15, 0.2) is 101 Å². The molecule has 77 heavy (non-hydrogen) atoms. The number of oxazole rings is 2. The van der Waals surface area contributed by atoms with Crippen molar-refractivity contribution in [3.8, 4) is 0 Å². The summed E-state index contributed by atoms with van der Waals surface area (Å²) in [5.41, 5.74) is 7.15. The fourth-order valence-electron chi connectivity index (χ4n) is 5.34. The van der Waals surface area contributed by atoms with Crippen LogP contribution in [0.3, 0.4) is 0 Å². The molecule has 7 rings (SSSR count). The second-order valence-corrected chi connectivity index (χ2v) is 28.2. The van der Waals surface area contributed by atoms with Crippen LogP contribution in [-0.2, 0) is 37.9 Å². The van der Waals surface area contributed by atoms with Gasteiger partial charge in [-0.3, -0.25) is 0 Å². The first kappa shape index (κ1) is 69.3. The summed E-state index contributed by atoms with van der Waals surface area (Å²) < 4.78 is 24.0. The monoisotopic (exact) mass is 1120 g/mol. The smallest absolute Gasteiger partial charge is 0.218 e. The molecule has 0 aliphatic heterocycles. The zero-order valence-corrected chi connectivity index (χ0v) is 53.8. The van der Waals surface area contributed by atoms with Gasteiger partial charge in [-0.1, -0.05) is 197 Å². The summed E-state index contributed by atoms with van der Waals surface area (Å²) in [4.78, 5) is 19.5. The van der Waals surface area contributed by atoms with Gasteiger partial charge < -0.3 is 13.4 Å². The van der Waals surface area contributed by atoms with E-state index in [4.69, 9.17) is 13.4 Å². The van der Waals surface area contributed by atoms with Gasteiger partial charge in [-0.25, -0.2) is 19.9 Å². The highest BCUT2D eigenvalue weighted by molar-refractivity contribution is 7.12. The van der Waals surface area contributed by atoms with Crippen molar-refractivity contribution in [3.63, 3.8) is 0 Å². The summed E-state index contributed by atoms with van der Waals surface area (Å²) in [5, 5.41) is 10.0. The Bertz CT molecular complexity index is 2460. The number of thiazole rings is 2. The number of rotatable bonds is 7. The summed E-state index contributed by atoms with van der Waals surface area (Å²) in [5.74, 6) is 2.98. The first-order valence-electron chi connectivity index (χ1n) is 25.4. The summed E-state index contributed by atoms with van der Waals surface area (Å²) in [6, 6.07) is 4.00. The molecule has 0 N–H and O–H groups in total. The van der Waals surface area contributed by atoms with E-state index in [-0.39, 0.29) is 37.9 Å². The van der Waals surface area contributed by atoms with Crippen LogP contribution in [0, 0.1) is 0 Å². The Balaban J connectivity index is 0.000000449. The van der Waals surface area contributed by atoms with E-state index >= 15 is 0 Å². The lowest BCUT2D eigenvalue weighted by Gasteiger charge is -2.16. The van der Waals surface area contributed by atoms with Crippen LogP contribution >= 0.6 is 45.7 Å². The third kappa shape index (κ3) is 25.1. The van der Waals surface area contributed by atoms with Crippen molar-refractivity contribution in [2.75, 3.05) is 0 Å². The van der Waals surface area contributed by atoms with Gasteiger partial charge in [0, 0.05) is 54.4 Å². The summed E-state index contributed by atoms with van der Waals surface area (Å²) >= 11 is 6.41. The maximum atomic E-state index is 5.37. The Morgan fingerprint density at radius 2 is 1.03 bits per heavy atom. The quantitative estimate of drug-likeness (QED) is 0.152. The van der Waals surface area contributed by atoms with Crippen molar-refractivity contribution in [1.29, 1.82) is 0 Å². The van der Waals surface area contributed by atoms with E-state index in [9.17, 15) is 0 Å². The van der Waals surface area contributed by atoms with Gasteiger partial charge in [0.25, 0.3) is 0 Å². The van der Waals surface area contributed by atoms with Crippen molar-refractivity contribution >= 4 is 88.3 Å². The van der Waals surface area contributed by atoms with Crippen molar-refractivity contribution in [1.82, 2.24) is 33.8 Å². The van der Waals surface area contributed by atoms with Gasteiger partial charge in [-0.15, -0.1) is 22.7 Å². The second kappa shape index (κ2) is 29.9. The largest absolute Gasteiger partial charge is 0.445 e. The van der Waals surface area contributed by atoms with Gasteiger partial charge in [0.05, 0.1) is 29.0 Å². The number of aromatic nitrogens is 7. The molecule has 14 heteroatoms. The molecule has 0 saturated heterocycles. The third-order valence-electron chi connectivity index (χ3n) is 10.4. The van der Waals surface area contributed by atoms with Crippen molar-refractivity contribution in [3.05, 3.63) is 165 Å². The standard InChI is InChI=1S/3C9H13NO.4C9H13NS/c1-5-8-10-7(6-11-8)9(2,3)4;1-5-8-10-6-7(11-8)9(2,3)4;1-5-7-6-8(11-10-7)9(2,3)4;1-5-8-10-7(6-11-8)9(2,3)4;1-5-8-10-6-7(11-8)9(2,3)4;1-5-8-7(6-11-10-8)9(2,3)4;1-5-7-6-8(11-10-7)9(2,3)4/h7*5-6H,1H2,2-4H3. The molecule has 0 aromatic carbocycles. The lowest BCUT2D eigenvalue weighted by molar-refractivity contribution is 0.328. The van der Waals surface area contributed by atoms with Crippen LogP contribution in [0.5, 0.6) is 0 Å². The molecule has 420 valence electrons. The van der Waals surface area contributed by atoms with Gasteiger partial charge in [0.1, 0.15) is 33.5 Å². The predicted octanol–water partition coefficient (Wildman–Crippen LogP) is 20.2. The maximum absolute atomic E-state index is 5.37. The maximum Gasteiger partial charge on any atom is 0.218 e. The molecule has 0 bridgehead atoms. The van der Waals surface area contributed by atoms with Gasteiger partial charge in [-0.2, -0.15) is 8.75 Å². The van der Waals surface area contributed by atoms with Gasteiger partial charge in [-0.05, 0) is 93.5 Å². The second-order valence-electron chi connectivity index (χ2n) is 24.8. The highest BCUT2D eigenvalue weighted by Crippen LogP contribution is 2.30. The normalized spacial score (nSPS) is 11.5. The Hall–Kier alpha value is -5.67. The molecule has 7 aromatic heterocycles. The first-order valence-corrected chi connectivity index (χ1v) is 28.7. The zero-order valence-electron chi connectivity index (χ0n) is 50.5. The van der Waals surface area contributed by atoms with E-state index in [1.165, 1.54) is 26.9 Å². The number of hydrogen-bond donors (Lipinski definition) is 0. The minimum atomic E-state index is 0.0360. The van der Waals surface area contributed by atoms with Crippen LogP contribution in [0.25, 0.3) is 42.5 Å². The zero-order chi connectivity index (χ0) is 59.4. The molecular weight excluding hydrogens is 1030 g/mol. The van der Waals surface area contributed by atoms with Crippen LogP contribution in [0.1, 0.15) is 223 Å². The topological polar surface area (TPSA) is 130 Å². The minimum Gasteiger partial charge on any atom is -0.445 e. The van der Waals surface area contributed by atoms with E-state index in [1.54, 1.807) is 83.1 Å². The molecule has 0 aliphatic carbocycles. The average Bonchev–Trinajstić information content (AvgIpc) is 4.18. The van der Waals surface area contributed by atoms with Crippen LogP contribution in [-0.4, -0.2) is 33.8 Å². The molecule has 0 saturated carbocycles. The molecule has 0 radical (unpaired) electrons. The van der Waals surface area contributed by atoms with E-state index in [1.807, 2.05) is 18.3 Å². The van der Waals surface area contributed by atoms with Gasteiger partial charge in [0.15, 0.2) is 0 Å². The predicted molar refractivity (Wildman–Crippen MR) is 340 cm³/mol. The molecule has 0 unspecified atom stereocenters. The van der Waals surface area contributed by atoms with Crippen molar-refractivity contribution < 1.29 is 13.4 Å². The highest BCUT2D eigenvalue weighted by Gasteiger charge is 2.22. The van der Waals surface area contributed by atoms with Crippen LogP contribution in [0.4, 0.5) is 0 Å². The molecule has 0 atom stereocenters. The molecular formula is C63H91N7O3S4. The lowest BCUT2D eigenvalue weighted by Crippen LogP contribution is -2.11. The molecule has 0 aliphatic rings. The fraction of sp³-hybridized carbons (Fsp3) is 0.444. The molecule has 0 fully saturated rings. The Kier molecular flexibility index (Phi) is 26.9. The first-order chi connectivity index (χ1) is 35.3. The average molecular weight is 1120 g/mol. The number of hydrogen-bond acceptors (Lipinski definition) is 14. The Morgan fingerprint density at radius 1 is 0.468 bits per heavy atom. The molecule has 7 heterocycles. The third-order valence-corrected chi connectivity index (χ3v) is 14.5. The van der Waals surface area contributed by atoms with Gasteiger partial charge in [0.2, 0.25) is 11.8 Å². The molecule has 7 aromatic rings. The SMILES string of the molecule is C=Cc1cc(C(C)(C)C)on1.C=Cc1cc(C(C)(C)C)sn1.C=Cc1nc(C(C)(C)C)co1.C=Cc1nc(C(C)(C)C)cs1.C=Cc1ncc(C(C)(C)C)o1.C=Cc1ncc(C(C)(C)C)s1.C=Cc1nscc1C(C)(C)C. The summed E-state index contributed by atoms with van der Waals surface area (Å²) in [7, 11) is 0. The highest BCUT2D eigenvalue weighted by atomic mass is 32.1. The fourth-order valence-corrected chi connectivity index (χ4v) is 8.75. The Labute approximate surface area is 480 Å². The van der Waals surface area contributed by atoms with E-state index in [2.05, 4.69) is 242 Å². The lowest BCUT2D eigenvalue weighted by atomic mass is 9.88. The van der Waals surface area contributed by atoms with E-state index in [0.717, 1.165) is 50.0 Å². The van der Waals surface area contributed by atoms with Gasteiger partial charge >= 0.3 is 0 Å². The van der Waals surface area contributed by atoms with Crippen LogP contribution < -0.4 is 0 Å². The summed E-state index contributed by atoms with van der Waals surface area (Å²) in [6.45, 7) is 70.4. The van der Waals surface area contributed by atoms with Crippen molar-refractivity contribution in [2.45, 2.75) is 183 Å². The van der Waals surface area contributed by atoms with Crippen LogP contribution in [0.2, 0.25) is 0 Å². The van der Waals surface area contributed by atoms with E-state index < -0.39 is 0 Å². The Morgan fingerprint density at radius 3 is 1.31 bits per heavy atom. The van der Waals surface area contributed by atoms with Crippen molar-refractivity contribution in [2.24, 2.45) is 0 Å². The molecule has 0 amide bonds. The number of nitrogens with zero attached hydrogens (tertiary/aromatic N) is 7. The minimum absolute atomic E-state index is 0.0360. The molecule has 0 spiro atoms. The van der Waals surface area contributed by atoms with E-state index in [0.29, 0.717) is 11.8 Å². The molecule has 10 nitrogen and oxygen atoms in total. The summed E-state index contributed by atoms with van der Waals surface area (Å²) in [6.07, 6.45) is 17.4.